The lowest BCUT2D eigenvalue weighted by atomic mass is 10.0. The molecule has 1 aromatic carbocycles. The molecule has 0 spiro atoms. The molecule has 0 unspecified atom stereocenters. The van der Waals surface area contributed by atoms with E-state index in [1.54, 1.807) is 18.4 Å². The van der Waals surface area contributed by atoms with Gasteiger partial charge in [-0.3, -0.25) is 4.79 Å². The van der Waals surface area contributed by atoms with E-state index >= 15 is 0 Å². The highest BCUT2D eigenvalue weighted by Crippen LogP contribution is 2.19. The molecule has 0 fully saturated rings. The minimum absolute atomic E-state index is 0.127. The Morgan fingerprint density at radius 3 is 2.74 bits per heavy atom. The molecule has 23 heavy (non-hydrogen) atoms. The van der Waals surface area contributed by atoms with Gasteiger partial charge in [0, 0.05) is 6.42 Å². The van der Waals surface area contributed by atoms with Gasteiger partial charge in [-0.05, 0) is 62.6 Å². The van der Waals surface area contributed by atoms with E-state index in [-0.39, 0.29) is 13.0 Å². The van der Waals surface area contributed by atoms with Crippen molar-refractivity contribution in [3.8, 4) is 5.75 Å². The van der Waals surface area contributed by atoms with E-state index in [1.165, 1.54) is 0 Å². The predicted octanol–water partition coefficient (Wildman–Crippen LogP) is 3.87. The summed E-state index contributed by atoms with van der Waals surface area (Å²) in [6, 6.07) is 5.63. The highest BCUT2D eigenvalue weighted by atomic mass is 16.6. The molecule has 0 aliphatic carbocycles. The van der Waals surface area contributed by atoms with Gasteiger partial charge < -0.3 is 14.7 Å². The van der Waals surface area contributed by atoms with Crippen LogP contribution in [-0.4, -0.2) is 23.9 Å². The van der Waals surface area contributed by atoms with Crippen LogP contribution in [0.25, 0.3) is 0 Å². The Hall–Kier alpha value is -2.56. The van der Waals surface area contributed by atoms with Gasteiger partial charge in [0.2, 0.25) is 0 Å². The van der Waals surface area contributed by atoms with Crippen LogP contribution in [0, 0.1) is 6.92 Å². The van der Waals surface area contributed by atoms with E-state index in [0.29, 0.717) is 17.9 Å². The lowest BCUT2D eigenvalue weighted by Gasteiger charge is -2.10. The fraction of sp³-hybridized carbons (Fsp3) is 0.333. The van der Waals surface area contributed by atoms with Crippen molar-refractivity contribution in [3.63, 3.8) is 0 Å². The second kappa shape index (κ2) is 10.2. The maximum Gasteiger partial charge on any atom is 0.303 e. The molecule has 0 saturated carbocycles. The van der Waals surface area contributed by atoms with Gasteiger partial charge in [0.15, 0.2) is 5.76 Å². The third kappa shape index (κ3) is 7.31. The minimum atomic E-state index is -0.793. The fourth-order valence-electron chi connectivity index (χ4n) is 1.82. The van der Waals surface area contributed by atoms with E-state index < -0.39 is 5.97 Å². The van der Waals surface area contributed by atoms with Crippen LogP contribution in [0.1, 0.15) is 31.4 Å². The first kappa shape index (κ1) is 18.5. The topological polar surface area (TPSA) is 68.1 Å². The summed E-state index contributed by atoms with van der Waals surface area (Å²) in [7, 11) is 0. The van der Waals surface area contributed by atoms with E-state index in [0.717, 1.165) is 11.1 Å². The van der Waals surface area contributed by atoms with Gasteiger partial charge in [-0.2, -0.15) is 0 Å². The molecule has 5 heteroatoms. The average Bonchev–Trinajstić information content (AvgIpc) is 2.53. The number of oxime groups is 1. The SMILES string of the molecule is C/C=C/C=N/O/C(=C/C)COc1ccc(CCC(=O)O)c(C)c1. The second-order valence-corrected chi connectivity index (χ2v) is 4.90. The Kier molecular flexibility index (Phi) is 8.21. The number of aliphatic carboxylic acids is 1. The standard InChI is InChI=1S/C18H23NO4/c1-4-6-11-19-23-16(5-2)13-22-17-9-7-15(14(3)12-17)8-10-18(20)21/h4-7,9,11-12H,8,10,13H2,1-3H3,(H,20,21)/b6-4+,16-5+,19-11+. The molecule has 124 valence electrons. The van der Waals surface area contributed by atoms with Crippen LogP contribution in [0.4, 0.5) is 0 Å². The lowest BCUT2D eigenvalue weighted by molar-refractivity contribution is -0.136. The van der Waals surface area contributed by atoms with Crippen LogP contribution < -0.4 is 4.74 Å². The molecule has 0 radical (unpaired) electrons. The van der Waals surface area contributed by atoms with Gasteiger partial charge in [0.05, 0.1) is 6.21 Å². The van der Waals surface area contributed by atoms with Crippen molar-refractivity contribution in [2.24, 2.45) is 5.16 Å². The smallest absolute Gasteiger partial charge is 0.303 e. The number of allylic oxidation sites excluding steroid dienone is 3. The van der Waals surface area contributed by atoms with Gasteiger partial charge in [0.1, 0.15) is 12.4 Å². The van der Waals surface area contributed by atoms with Crippen molar-refractivity contribution in [1.29, 1.82) is 0 Å². The zero-order chi connectivity index (χ0) is 17.1. The highest BCUT2D eigenvalue weighted by molar-refractivity contribution is 5.70. The third-order valence-corrected chi connectivity index (χ3v) is 3.13. The maximum atomic E-state index is 10.6. The quantitative estimate of drug-likeness (QED) is 0.426. The number of nitrogens with zero attached hydrogens (tertiary/aromatic N) is 1. The molecule has 0 saturated heterocycles. The summed E-state index contributed by atoms with van der Waals surface area (Å²) >= 11 is 0. The molecular weight excluding hydrogens is 294 g/mol. The van der Waals surface area contributed by atoms with Crippen molar-refractivity contribution in [1.82, 2.24) is 0 Å². The summed E-state index contributed by atoms with van der Waals surface area (Å²) in [6.45, 7) is 5.97. The van der Waals surface area contributed by atoms with Crippen molar-refractivity contribution in [2.75, 3.05) is 6.61 Å². The molecule has 0 amide bonds. The zero-order valence-electron chi connectivity index (χ0n) is 13.8. The molecule has 5 nitrogen and oxygen atoms in total. The van der Waals surface area contributed by atoms with Crippen LogP contribution >= 0.6 is 0 Å². The lowest BCUT2D eigenvalue weighted by Crippen LogP contribution is -2.04. The van der Waals surface area contributed by atoms with Crippen LogP contribution in [-0.2, 0) is 16.1 Å². The van der Waals surface area contributed by atoms with Gasteiger partial charge in [-0.15, -0.1) is 0 Å². The molecular formula is C18H23NO4. The van der Waals surface area contributed by atoms with Crippen molar-refractivity contribution >= 4 is 12.2 Å². The first-order valence-electron chi connectivity index (χ1n) is 7.47. The second-order valence-electron chi connectivity index (χ2n) is 4.90. The molecule has 0 aliphatic heterocycles. The number of carbonyl (C=O) groups is 1. The summed E-state index contributed by atoms with van der Waals surface area (Å²) in [5, 5.41) is 12.5. The van der Waals surface area contributed by atoms with E-state index in [2.05, 4.69) is 5.16 Å². The Morgan fingerprint density at radius 2 is 2.13 bits per heavy atom. The Morgan fingerprint density at radius 1 is 1.35 bits per heavy atom. The van der Waals surface area contributed by atoms with Crippen LogP contribution in [0.15, 0.2) is 47.3 Å². The summed E-state index contributed by atoms with van der Waals surface area (Å²) in [5.74, 6) is 0.526. The zero-order valence-corrected chi connectivity index (χ0v) is 13.8. The molecule has 1 rings (SSSR count). The number of carboxylic acid groups (broad SMARTS) is 1. The predicted molar refractivity (Wildman–Crippen MR) is 90.8 cm³/mol. The normalized spacial score (nSPS) is 12.0. The molecule has 1 N–H and O–H groups in total. The van der Waals surface area contributed by atoms with E-state index in [9.17, 15) is 4.79 Å². The van der Waals surface area contributed by atoms with Gasteiger partial charge in [0.25, 0.3) is 0 Å². The maximum absolute atomic E-state index is 10.6. The number of ether oxygens (including phenoxy) is 1. The molecule has 0 heterocycles. The number of aryl methyl sites for hydroxylation is 2. The first-order chi connectivity index (χ1) is 11.1. The first-order valence-corrected chi connectivity index (χ1v) is 7.47. The molecule has 0 aromatic heterocycles. The van der Waals surface area contributed by atoms with Crippen LogP contribution in [0.5, 0.6) is 5.75 Å². The van der Waals surface area contributed by atoms with E-state index in [1.807, 2.05) is 45.0 Å². The largest absolute Gasteiger partial charge is 0.486 e. The van der Waals surface area contributed by atoms with E-state index in [4.69, 9.17) is 14.7 Å². The van der Waals surface area contributed by atoms with Gasteiger partial charge in [-0.25, -0.2) is 0 Å². The number of hydrogen-bond donors (Lipinski definition) is 1. The summed E-state index contributed by atoms with van der Waals surface area (Å²) in [5.41, 5.74) is 2.02. The number of hydrogen-bond acceptors (Lipinski definition) is 4. The molecule has 0 atom stereocenters. The third-order valence-electron chi connectivity index (χ3n) is 3.13. The van der Waals surface area contributed by atoms with Crippen LogP contribution in [0.3, 0.4) is 0 Å². The number of benzene rings is 1. The number of carboxylic acids is 1. The van der Waals surface area contributed by atoms with Gasteiger partial charge in [-0.1, -0.05) is 17.3 Å². The Balaban J connectivity index is 2.56. The summed E-state index contributed by atoms with van der Waals surface area (Å²) in [6.07, 6.45) is 7.62. The molecule has 0 bridgehead atoms. The van der Waals surface area contributed by atoms with Gasteiger partial charge >= 0.3 is 5.97 Å². The Labute approximate surface area is 136 Å². The van der Waals surface area contributed by atoms with Crippen molar-refractivity contribution in [3.05, 3.63) is 53.3 Å². The molecule has 1 aromatic rings. The van der Waals surface area contributed by atoms with Crippen LogP contribution in [0.2, 0.25) is 0 Å². The van der Waals surface area contributed by atoms with Crippen molar-refractivity contribution in [2.45, 2.75) is 33.6 Å². The monoisotopic (exact) mass is 317 g/mol. The highest BCUT2D eigenvalue weighted by Gasteiger charge is 2.05. The minimum Gasteiger partial charge on any atom is -0.486 e. The fourth-order valence-corrected chi connectivity index (χ4v) is 1.82. The van der Waals surface area contributed by atoms with Crippen molar-refractivity contribution < 1.29 is 19.5 Å². The summed E-state index contributed by atoms with van der Waals surface area (Å²) in [4.78, 5) is 15.9. The Bertz CT molecular complexity index is 603. The average molecular weight is 317 g/mol. The molecule has 0 aliphatic rings. The summed E-state index contributed by atoms with van der Waals surface area (Å²) < 4.78 is 5.68. The number of rotatable bonds is 9.